The van der Waals surface area contributed by atoms with Crippen molar-refractivity contribution >= 4 is 12.0 Å². The third-order valence-electron chi connectivity index (χ3n) is 4.65. The molecule has 6 nitrogen and oxygen atoms in total. The van der Waals surface area contributed by atoms with Gasteiger partial charge < -0.3 is 19.6 Å². The van der Waals surface area contributed by atoms with Crippen molar-refractivity contribution in [3.8, 4) is 0 Å². The summed E-state index contributed by atoms with van der Waals surface area (Å²) in [5.41, 5.74) is 0. The Balaban J connectivity index is 2.01. The first-order chi connectivity index (χ1) is 10.1. The van der Waals surface area contributed by atoms with Gasteiger partial charge in [-0.3, -0.25) is 4.79 Å². The lowest BCUT2D eigenvalue weighted by atomic mass is 9.96. The lowest BCUT2D eigenvalue weighted by Gasteiger charge is -2.33. The summed E-state index contributed by atoms with van der Waals surface area (Å²) >= 11 is 0. The van der Waals surface area contributed by atoms with Gasteiger partial charge in [-0.25, -0.2) is 4.79 Å². The molecule has 0 spiro atoms. The second kappa shape index (κ2) is 7.64. The van der Waals surface area contributed by atoms with Gasteiger partial charge in [0, 0.05) is 26.2 Å². The van der Waals surface area contributed by atoms with Gasteiger partial charge in [0.2, 0.25) is 0 Å². The van der Waals surface area contributed by atoms with E-state index in [9.17, 15) is 9.59 Å². The molecule has 0 aromatic carbocycles. The van der Waals surface area contributed by atoms with Crippen molar-refractivity contribution < 1.29 is 19.4 Å². The predicted octanol–water partition coefficient (Wildman–Crippen LogP) is 1.79. The molecule has 0 aromatic heterocycles. The molecule has 2 rings (SSSR count). The molecule has 1 aliphatic carbocycles. The number of methoxy groups -OCH3 is 1. The molecule has 6 heteroatoms. The highest BCUT2D eigenvalue weighted by Gasteiger charge is 2.37. The van der Waals surface area contributed by atoms with Crippen LogP contribution in [0.1, 0.15) is 38.5 Å². The summed E-state index contributed by atoms with van der Waals surface area (Å²) in [5, 5.41) is 9.00. The van der Waals surface area contributed by atoms with Crippen LogP contribution in [0.4, 0.5) is 4.79 Å². The minimum Gasteiger partial charge on any atom is -0.480 e. The topological polar surface area (TPSA) is 70.1 Å². The van der Waals surface area contributed by atoms with Gasteiger partial charge >= 0.3 is 12.0 Å². The highest BCUT2D eigenvalue weighted by molar-refractivity contribution is 5.80. The Morgan fingerprint density at radius 1 is 1.24 bits per heavy atom. The molecule has 21 heavy (non-hydrogen) atoms. The zero-order valence-corrected chi connectivity index (χ0v) is 12.8. The van der Waals surface area contributed by atoms with Crippen molar-refractivity contribution in [2.75, 3.05) is 33.4 Å². The van der Waals surface area contributed by atoms with E-state index in [1.807, 2.05) is 4.90 Å². The summed E-state index contributed by atoms with van der Waals surface area (Å²) in [4.78, 5) is 27.0. The molecular formula is C15H26N2O4. The number of nitrogens with zero attached hydrogens (tertiary/aromatic N) is 2. The summed E-state index contributed by atoms with van der Waals surface area (Å²) in [7, 11) is 1.56. The predicted molar refractivity (Wildman–Crippen MR) is 78.2 cm³/mol. The Morgan fingerprint density at radius 2 is 1.95 bits per heavy atom. The average molecular weight is 298 g/mol. The van der Waals surface area contributed by atoms with Crippen molar-refractivity contribution in [2.24, 2.45) is 5.92 Å². The zero-order valence-electron chi connectivity index (χ0n) is 12.8. The van der Waals surface area contributed by atoms with Crippen LogP contribution >= 0.6 is 0 Å². The van der Waals surface area contributed by atoms with E-state index in [1.54, 1.807) is 7.11 Å². The summed E-state index contributed by atoms with van der Waals surface area (Å²) in [6.45, 7) is 1.19. The number of urea groups is 1. The van der Waals surface area contributed by atoms with Crippen molar-refractivity contribution in [2.45, 2.75) is 44.6 Å². The number of likely N-dealkylation sites (tertiary alicyclic amines) is 1. The quantitative estimate of drug-likeness (QED) is 0.811. The van der Waals surface area contributed by atoms with Crippen LogP contribution in [-0.2, 0) is 9.53 Å². The summed E-state index contributed by atoms with van der Waals surface area (Å²) in [6, 6.07) is 0.169. The van der Waals surface area contributed by atoms with Crippen LogP contribution < -0.4 is 0 Å². The first-order valence-corrected chi connectivity index (χ1v) is 7.89. The van der Waals surface area contributed by atoms with Gasteiger partial charge in [-0.15, -0.1) is 0 Å². The van der Waals surface area contributed by atoms with Crippen molar-refractivity contribution in [1.29, 1.82) is 0 Å². The Labute approximate surface area is 126 Å². The van der Waals surface area contributed by atoms with E-state index in [2.05, 4.69) is 0 Å². The number of rotatable bonds is 6. The monoisotopic (exact) mass is 298 g/mol. The second-order valence-corrected chi connectivity index (χ2v) is 6.04. The lowest BCUT2D eigenvalue weighted by Crippen LogP contribution is -2.49. The number of carbonyl (C=O) groups is 2. The highest BCUT2D eigenvalue weighted by atomic mass is 16.5. The molecule has 1 aliphatic heterocycles. The molecule has 1 unspecified atom stereocenters. The van der Waals surface area contributed by atoms with Crippen molar-refractivity contribution in [3.63, 3.8) is 0 Å². The molecule has 120 valence electrons. The van der Waals surface area contributed by atoms with E-state index in [0.29, 0.717) is 25.1 Å². The Morgan fingerprint density at radius 3 is 2.57 bits per heavy atom. The number of hydrogen-bond acceptors (Lipinski definition) is 3. The number of amides is 2. The van der Waals surface area contributed by atoms with E-state index in [4.69, 9.17) is 9.84 Å². The lowest BCUT2D eigenvalue weighted by molar-refractivity contribution is -0.137. The van der Waals surface area contributed by atoms with Gasteiger partial charge in [-0.2, -0.15) is 0 Å². The van der Waals surface area contributed by atoms with Crippen LogP contribution in [0.5, 0.6) is 0 Å². The van der Waals surface area contributed by atoms with Gasteiger partial charge in [0.05, 0.1) is 6.61 Å². The Hall–Kier alpha value is -1.30. The average Bonchev–Trinajstić information content (AvgIpc) is 3.11. The summed E-state index contributed by atoms with van der Waals surface area (Å²) in [5.74, 6) is -0.374. The molecular weight excluding hydrogens is 272 g/mol. The van der Waals surface area contributed by atoms with Crippen LogP contribution in [0.2, 0.25) is 0 Å². The van der Waals surface area contributed by atoms with Gasteiger partial charge in [-0.05, 0) is 31.6 Å². The van der Waals surface area contributed by atoms with Gasteiger partial charge in [0.15, 0.2) is 0 Å². The maximum Gasteiger partial charge on any atom is 0.323 e. The zero-order chi connectivity index (χ0) is 15.2. The molecule has 0 radical (unpaired) electrons. The van der Waals surface area contributed by atoms with Crippen molar-refractivity contribution in [3.05, 3.63) is 0 Å². The minimum atomic E-state index is -0.976. The molecule has 1 saturated carbocycles. The Kier molecular flexibility index (Phi) is 5.85. The first-order valence-electron chi connectivity index (χ1n) is 7.89. The maximum absolute atomic E-state index is 12.7. The van der Waals surface area contributed by atoms with Crippen LogP contribution in [-0.4, -0.2) is 66.3 Å². The van der Waals surface area contributed by atoms with Gasteiger partial charge in [-0.1, -0.05) is 12.8 Å². The third kappa shape index (κ3) is 4.09. The molecule has 1 heterocycles. The molecule has 0 aromatic rings. The molecule has 0 bridgehead atoms. The molecule has 2 aliphatic rings. The number of carbonyl (C=O) groups excluding carboxylic acids is 1. The van der Waals surface area contributed by atoms with E-state index < -0.39 is 5.97 Å². The number of hydrogen-bond donors (Lipinski definition) is 1. The summed E-state index contributed by atoms with van der Waals surface area (Å²) < 4.78 is 4.99. The van der Waals surface area contributed by atoms with Crippen molar-refractivity contribution in [1.82, 2.24) is 9.80 Å². The third-order valence-corrected chi connectivity index (χ3v) is 4.65. The van der Waals surface area contributed by atoms with E-state index in [1.165, 1.54) is 30.6 Å². The van der Waals surface area contributed by atoms with E-state index >= 15 is 0 Å². The largest absolute Gasteiger partial charge is 0.480 e. The molecule has 1 saturated heterocycles. The van der Waals surface area contributed by atoms with Crippen LogP contribution in [0, 0.1) is 5.92 Å². The second-order valence-electron chi connectivity index (χ2n) is 6.04. The fourth-order valence-corrected chi connectivity index (χ4v) is 3.65. The standard InChI is InChI=1S/C15H26N2O4/c1-21-10-9-16(11-14(18)19)15(20)17-8-4-7-13(17)12-5-2-3-6-12/h12-13H,2-11H2,1H3,(H,18,19). The molecule has 2 amide bonds. The molecule has 1 atom stereocenters. The van der Waals surface area contributed by atoms with Crippen LogP contribution in [0.15, 0.2) is 0 Å². The number of aliphatic carboxylic acids is 1. The van der Waals surface area contributed by atoms with E-state index in [-0.39, 0.29) is 12.6 Å². The summed E-state index contributed by atoms with van der Waals surface area (Å²) in [6.07, 6.45) is 6.99. The molecule has 1 N–H and O–H groups in total. The SMILES string of the molecule is COCCN(CC(=O)O)C(=O)N1CCCC1C1CCCC1. The highest BCUT2D eigenvalue weighted by Crippen LogP contribution is 2.35. The normalized spacial score (nSPS) is 22.7. The number of carboxylic acid groups (broad SMARTS) is 1. The van der Waals surface area contributed by atoms with Crippen LogP contribution in [0.25, 0.3) is 0 Å². The maximum atomic E-state index is 12.7. The molecule has 2 fully saturated rings. The first kappa shape index (κ1) is 16.1. The van der Waals surface area contributed by atoms with Gasteiger partial charge in [0.25, 0.3) is 0 Å². The smallest absolute Gasteiger partial charge is 0.323 e. The number of ether oxygens (including phenoxy) is 1. The fourth-order valence-electron chi connectivity index (χ4n) is 3.65. The fraction of sp³-hybridized carbons (Fsp3) is 0.867. The Bertz CT molecular complexity index is 369. The minimum absolute atomic E-state index is 0.135. The van der Waals surface area contributed by atoms with E-state index in [0.717, 1.165) is 19.4 Å². The van der Waals surface area contributed by atoms with Crippen LogP contribution in [0.3, 0.4) is 0 Å². The van der Waals surface area contributed by atoms with Gasteiger partial charge in [0.1, 0.15) is 6.54 Å². The number of carboxylic acids is 1.